The number of esters is 3. The molecule has 0 aliphatic heterocycles. The lowest BCUT2D eigenvalue weighted by Gasteiger charge is -2.18. The molecular weight excluding hydrogens is 985 g/mol. The van der Waals surface area contributed by atoms with Gasteiger partial charge >= 0.3 is 17.9 Å². The lowest BCUT2D eigenvalue weighted by atomic mass is 10.0. The van der Waals surface area contributed by atoms with E-state index in [0.717, 1.165) is 128 Å². The van der Waals surface area contributed by atoms with Gasteiger partial charge in [-0.15, -0.1) is 0 Å². The zero-order valence-corrected chi connectivity index (χ0v) is 52.8. The Labute approximate surface area is 496 Å². The van der Waals surface area contributed by atoms with Gasteiger partial charge in [-0.1, -0.05) is 317 Å². The Balaban J connectivity index is 4.28. The first-order chi connectivity index (χ1) is 39.5. The molecule has 6 heteroatoms. The Hall–Kier alpha value is -3.67. The van der Waals surface area contributed by atoms with Crippen LogP contribution in [0.15, 0.2) is 97.2 Å². The molecule has 0 aliphatic carbocycles. The van der Waals surface area contributed by atoms with Crippen LogP contribution in [0.4, 0.5) is 0 Å². The van der Waals surface area contributed by atoms with Gasteiger partial charge in [-0.3, -0.25) is 14.4 Å². The number of carbonyl (C=O) groups is 3. The Kier molecular flexibility index (Phi) is 64.7. The van der Waals surface area contributed by atoms with E-state index in [0.29, 0.717) is 19.3 Å². The van der Waals surface area contributed by atoms with Crippen molar-refractivity contribution < 1.29 is 28.6 Å². The molecule has 0 amide bonds. The largest absolute Gasteiger partial charge is 0.462 e. The molecule has 0 fully saturated rings. The summed E-state index contributed by atoms with van der Waals surface area (Å²) >= 11 is 0. The van der Waals surface area contributed by atoms with Gasteiger partial charge < -0.3 is 14.2 Å². The molecular formula is C74H128O6. The molecule has 0 N–H and O–H groups in total. The smallest absolute Gasteiger partial charge is 0.306 e. The normalized spacial score (nSPS) is 12.7. The molecule has 0 aromatic heterocycles. The topological polar surface area (TPSA) is 78.9 Å². The fourth-order valence-corrected chi connectivity index (χ4v) is 9.78. The van der Waals surface area contributed by atoms with E-state index in [9.17, 15) is 14.4 Å². The van der Waals surface area contributed by atoms with Gasteiger partial charge in [-0.05, 0) is 96.3 Å². The van der Waals surface area contributed by atoms with Gasteiger partial charge in [0.1, 0.15) is 13.2 Å². The summed E-state index contributed by atoms with van der Waals surface area (Å²) in [7, 11) is 0. The van der Waals surface area contributed by atoms with Gasteiger partial charge in [-0.25, -0.2) is 0 Å². The summed E-state index contributed by atoms with van der Waals surface area (Å²) in [6, 6.07) is 0. The van der Waals surface area contributed by atoms with Gasteiger partial charge in [0.2, 0.25) is 0 Å². The number of unbranched alkanes of at least 4 members (excludes halogenated alkanes) is 35. The second kappa shape index (κ2) is 67.8. The van der Waals surface area contributed by atoms with Crippen LogP contribution in [0.25, 0.3) is 0 Å². The van der Waals surface area contributed by atoms with Gasteiger partial charge in [-0.2, -0.15) is 0 Å². The predicted octanol–water partition coefficient (Wildman–Crippen LogP) is 23.6. The summed E-state index contributed by atoms with van der Waals surface area (Å²) in [6.45, 7) is 6.44. The lowest BCUT2D eigenvalue weighted by molar-refractivity contribution is -0.167. The molecule has 0 saturated heterocycles. The van der Waals surface area contributed by atoms with Crippen molar-refractivity contribution in [1.29, 1.82) is 0 Å². The highest BCUT2D eigenvalue weighted by Crippen LogP contribution is 2.17. The standard InChI is InChI=1S/C74H128O6/c1-4-7-10-13-16-19-22-25-28-30-32-33-34-35-36-37-38-39-40-41-42-44-46-49-52-55-58-61-64-67-73(76)79-70-71(69-78-72(75)66-63-60-57-54-51-48-45-27-24-21-18-15-12-9-6-3)80-74(77)68-65-62-59-56-53-50-47-43-31-29-26-23-20-17-14-11-8-5-2/h7,9-10,12,16,18-19,21,25,27-28,32-33,35-36,45,71H,4-6,8,11,13-15,17,20,22-24,26,29-31,34,37-44,46-70H2,1-3H3/b10-7-,12-9-,19-16-,21-18-,28-25-,33-32-,36-35-,45-27-. The Bertz CT molecular complexity index is 1560. The maximum Gasteiger partial charge on any atom is 0.306 e. The average molecular weight is 1110 g/mol. The molecule has 0 rings (SSSR count). The number of rotatable bonds is 62. The second-order valence-corrected chi connectivity index (χ2v) is 22.7. The van der Waals surface area contributed by atoms with E-state index in [1.165, 1.54) is 167 Å². The first kappa shape index (κ1) is 76.3. The van der Waals surface area contributed by atoms with E-state index in [1.807, 2.05) is 0 Å². The van der Waals surface area contributed by atoms with Crippen molar-refractivity contribution in [2.45, 2.75) is 341 Å². The number of ether oxygens (including phenoxy) is 3. The Morgan fingerprint density at radius 3 is 0.762 bits per heavy atom. The molecule has 0 aromatic rings. The Morgan fingerprint density at radius 1 is 0.263 bits per heavy atom. The van der Waals surface area contributed by atoms with Crippen molar-refractivity contribution in [2.24, 2.45) is 0 Å². The van der Waals surface area contributed by atoms with Gasteiger partial charge in [0.25, 0.3) is 0 Å². The molecule has 0 heterocycles. The van der Waals surface area contributed by atoms with Crippen molar-refractivity contribution in [3.05, 3.63) is 97.2 Å². The molecule has 80 heavy (non-hydrogen) atoms. The first-order valence-corrected chi connectivity index (χ1v) is 34.2. The minimum atomic E-state index is -0.785. The minimum Gasteiger partial charge on any atom is -0.462 e. The first-order valence-electron chi connectivity index (χ1n) is 34.2. The van der Waals surface area contributed by atoms with Crippen molar-refractivity contribution in [3.8, 4) is 0 Å². The SMILES string of the molecule is CC/C=C\C/C=C\C/C=C\C/C=C\C/C=C\CCCCCCCCCCCCCCCC(=O)OCC(COC(=O)CCCCCCC/C=C\C/C=C\C/C=C\CC)OC(=O)CCCCCCCCCCCCCCCCCCCC. The zero-order valence-electron chi connectivity index (χ0n) is 52.8. The van der Waals surface area contributed by atoms with E-state index >= 15 is 0 Å². The fraction of sp³-hybridized carbons (Fsp3) is 0.743. The van der Waals surface area contributed by atoms with E-state index in [4.69, 9.17) is 14.2 Å². The summed E-state index contributed by atoms with van der Waals surface area (Å²) in [5.41, 5.74) is 0. The van der Waals surface area contributed by atoms with E-state index in [-0.39, 0.29) is 31.1 Å². The van der Waals surface area contributed by atoms with Crippen LogP contribution in [0.1, 0.15) is 335 Å². The number of hydrogen-bond acceptors (Lipinski definition) is 6. The molecule has 0 saturated carbocycles. The maximum atomic E-state index is 12.9. The van der Waals surface area contributed by atoms with Gasteiger partial charge in [0.05, 0.1) is 0 Å². The van der Waals surface area contributed by atoms with Crippen LogP contribution in [0.3, 0.4) is 0 Å². The molecule has 460 valence electrons. The van der Waals surface area contributed by atoms with Gasteiger partial charge in [0.15, 0.2) is 6.10 Å². The van der Waals surface area contributed by atoms with Crippen LogP contribution in [-0.4, -0.2) is 37.2 Å². The van der Waals surface area contributed by atoms with E-state index < -0.39 is 6.10 Å². The van der Waals surface area contributed by atoms with Crippen LogP contribution in [0.2, 0.25) is 0 Å². The third-order valence-electron chi connectivity index (χ3n) is 14.8. The third-order valence-corrected chi connectivity index (χ3v) is 14.8. The third kappa shape index (κ3) is 65.1. The van der Waals surface area contributed by atoms with Crippen molar-refractivity contribution in [2.75, 3.05) is 13.2 Å². The highest BCUT2D eigenvalue weighted by molar-refractivity contribution is 5.71. The van der Waals surface area contributed by atoms with Crippen LogP contribution < -0.4 is 0 Å². The van der Waals surface area contributed by atoms with Crippen LogP contribution >= 0.6 is 0 Å². The molecule has 0 aliphatic rings. The van der Waals surface area contributed by atoms with Gasteiger partial charge in [0, 0.05) is 19.3 Å². The maximum absolute atomic E-state index is 12.9. The minimum absolute atomic E-state index is 0.0802. The van der Waals surface area contributed by atoms with E-state index in [1.54, 1.807) is 0 Å². The highest BCUT2D eigenvalue weighted by atomic mass is 16.6. The molecule has 0 spiro atoms. The highest BCUT2D eigenvalue weighted by Gasteiger charge is 2.19. The van der Waals surface area contributed by atoms with Crippen molar-refractivity contribution in [3.63, 3.8) is 0 Å². The number of carbonyl (C=O) groups excluding carboxylic acids is 3. The summed E-state index contributed by atoms with van der Waals surface area (Å²) in [5, 5.41) is 0. The van der Waals surface area contributed by atoms with Crippen LogP contribution in [0.5, 0.6) is 0 Å². The molecule has 0 radical (unpaired) electrons. The quantitative estimate of drug-likeness (QED) is 0.0261. The van der Waals surface area contributed by atoms with Crippen molar-refractivity contribution in [1.82, 2.24) is 0 Å². The molecule has 0 bridgehead atoms. The zero-order chi connectivity index (χ0) is 57.8. The summed E-state index contributed by atoms with van der Waals surface area (Å²) < 4.78 is 17.0. The average Bonchev–Trinajstić information content (AvgIpc) is 3.46. The summed E-state index contributed by atoms with van der Waals surface area (Å²) in [4.78, 5) is 38.4. The van der Waals surface area contributed by atoms with Crippen LogP contribution in [-0.2, 0) is 28.6 Å². The monoisotopic (exact) mass is 1110 g/mol. The molecule has 6 nitrogen and oxygen atoms in total. The molecule has 1 atom stereocenters. The second-order valence-electron chi connectivity index (χ2n) is 22.7. The number of allylic oxidation sites excluding steroid dienone is 16. The Morgan fingerprint density at radius 2 is 0.487 bits per heavy atom. The lowest BCUT2D eigenvalue weighted by Crippen LogP contribution is -2.30. The fourth-order valence-electron chi connectivity index (χ4n) is 9.78. The summed E-state index contributed by atoms with van der Waals surface area (Å²) in [5.74, 6) is -0.882. The van der Waals surface area contributed by atoms with E-state index in [2.05, 4.69) is 118 Å². The number of hydrogen-bond donors (Lipinski definition) is 0. The predicted molar refractivity (Wildman–Crippen MR) is 348 cm³/mol. The summed E-state index contributed by atoms with van der Waals surface area (Å²) in [6.07, 6.45) is 91.4. The van der Waals surface area contributed by atoms with Crippen molar-refractivity contribution >= 4 is 17.9 Å². The van der Waals surface area contributed by atoms with Crippen LogP contribution in [0, 0.1) is 0 Å². The molecule has 1 unspecified atom stereocenters. The molecule has 0 aromatic carbocycles.